The lowest BCUT2D eigenvalue weighted by Crippen LogP contribution is -2.25. The fourth-order valence-corrected chi connectivity index (χ4v) is 1.25. The number of hydrogen-bond donors (Lipinski definition) is 2. The predicted octanol–water partition coefficient (Wildman–Crippen LogP) is 1.48. The molecule has 0 aliphatic heterocycles. The molecule has 0 bridgehead atoms. The number of nitrogens with one attached hydrogen (secondary N) is 1. The van der Waals surface area contributed by atoms with Gasteiger partial charge in [-0.15, -0.1) is 0 Å². The van der Waals surface area contributed by atoms with Crippen molar-refractivity contribution >= 4 is 11.7 Å². The van der Waals surface area contributed by atoms with Crippen molar-refractivity contribution in [2.24, 2.45) is 10.8 Å². The molecule has 0 radical (unpaired) electrons. The highest BCUT2D eigenvalue weighted by atomic mass is 16.5. The van der Waals surface area contributed by atoms with Crippen molar-refractivity contribution < 1.29 is 9.53 Å². The summed E-state index contributed by atoms with van der Waals surface area (Å²) in [4.78, 5) is 10.5. The van der Waals surface area contributed by atoms with E-state index in [1.54, 1.807) is 6.92 Å². The number of hydrogen-bond acceptors (Lipinski definition) is 3. The Hall–Kier alpha value is -2.04. The van der Waals surface area contributed by atoms with Crippen LogP contribution in [0.2, 0.25) is 0 Å². The highest BCUT2D eigenvalue weighted by Gasteiger charge is 2.05. The molecule has 2 amide bonds. The van der Waals surface area contributed by atoms with Crippen molar-refractivity contribution in [2.45, 2.75) is 13.8 Å². The summed E-state index contributed by atoms with van der Waals surface area (Å²) in [5.41, 5.74) is 8.58. The third-order valence-electron chi connectivity index (χ3n) is 1.91. The first-order chi connectivity index (χ1) is 7.65. The molecular formula is C11H15N3O2. The molecule has 0 aromatic heterocycles. The van der Waals surface area contributed by atoms with E-state index in [4.69, 9.17) is 10.5 Å². The number of carbonyl (C=O) groups excluding carboxylic acids is 1. The summed E-state index contributed by atoms with van der Waals surface area (Å²) >= 11 is 0. The SMILES string of the molecule is CCOc1ccccc1C(C)=NNC(N)=O. The third-order valence-corrected chi connectivity index (χ3v) is 1.91. The van der Waals surface area contributed by atoms with Crippen LogP contribution in [-0.4, -0.2) is 18.3 Å². The monoisotopic (exact) mass is 221 g/mol. The number of rotatable bonds is 4. The largest absolute Gasteiger partial charge is 0.493 e. The van der Waals surface area contributed by atoms with Gasteiger partial charge in [0.25, 0.3) is 0 Å². The minimum atomic E-state index is -0.687. The first-order valence-corrected chi connectivity index (χ1v) is 4.97. The van der Waals surface area contributed by atoms with Gasteiger partial charge in [0.1, 0.15) is 5.75 Å². The highest BCUT2D eigenvalue weighted by molar-refractivity contribution is 6.01. The van der Waals surface area contributed by atoms with E-state index in [1.165, 1.54) is 0 Å². The van der Waals surface area contributed by atoms with E-state index >= 15 is 0 Å². The van der Waals surface area contributed by atoms with E-state index in [1.807, 2.05) is 31.2 Å². The topological polar surface area (TPSA) is 76.7 Å². The molecule has 0 aliphatic rings. The zero-order valence-electron chi connectivity index (χ0n) is 9.36. The van der Waals surface area contributed by atoms with Crippen LogP contribution in [0.1, 0.15) is 19.4 Å². The van der Waals surface area contributed by atoms with Crippen LogP contribution >= 0.6 is 0 Å². The molecule has 1 rings (SSSR count). The zero-order chi connectivity index (χ0) is 12.0. The lowest BCUT2D eigenvalue weighted by molar-refractivity contribution is 0.249. The van der Waals surface area contributed by atoms with Gasteiger partial charge in [-0.3, -0.25) is 0 Å². The summed E-state index contributed by atoms with van der Waals surface area (Å²) in [5.74, 6) is 0.734. The quantitative estimate of drug-likeness (QED) is 0.596. The van der Waals surface area contributed by atoms with Crippen LogP contribution in [0, 0.1) is 0 Å². The van der Waals surface area contributed by atoms with Crippen molar-refractivity contribution in [3.8, 4) is 5.75 Å². The van der Waals surface area contributed by atoms with Crippen LogP contribution in [0.5, 0.6) is 5.75 Å². The molecule has 0 saturated carbocycles. The van der Waals surface area contributed by atoms with Gasteiger partial charge in [-0.2, -0.15) is 5.10 Å². The molecule has 0 heterocycles. The standard InChI is InChI=1S/C11H15N3O2/c1-3-16-10-7-5-4-6-9(10)8(2)13-14-11(12)15/h4-7H,3H2,1-2H3,(H3,12,14,15). The van der Waals surface area contributed by atoms with Crippen molar-refractivity contribution in [1.29, 1.82) is 0 Å². The highest BCUT2D eigenvalue weighted by Crippen LogP contribution is 2.18. The molecule has 1 aromatic carbocycles. The predicted molar refractivity (Wildman–Crippen MR) is 62.5 cm³/mol. The lowest BCUT2D eigenvalue weighted by Gasteiger charge is -2.09. The van der Waals surface area contributed by atoms with Gasteiger partial charge in [0.2, 0.25) is 0 Å². The number of para-hydroxylation sites is 1. The van der Waals surface area contributed by atoms with Gasteiger partial charge in [0.15, 0.2) is 0 Å². The van der Waals surface area contributed by atoms with Gasteiger partial charge in [0.05, 0.1) is 12.3 Å². The second-order valence-electron chi connectivity index (χ2n) is 3.10. The summed E-state index contributed by atoms with van der Waals surface area (Å²) < 4.78 is 5.44. The Bertz CT molecular complexity index is 402. The Kier molecular flexibility index (Phi) is 4.32. The Labute approximate surface area is 94.3 Å². The molecular weight excluding hydrogens is 206 g/mol. The maximum absolute atomic E-state index is 10.5. The number of nitrogens with two attached hydrogens (primary N) is 1. The maximum atomic E-state index is 10.5. The van der Waals surface area contributed by atoms with Gasteiger partial charge in [0, 0.05) is 5.56 Å². The van der Waals surface area contributed by atoms with E-state index < -0.39 is 6.03 Å². The molecule has 0 spiro atoms. The van der Waals surface area contributed by atoms with Crippen molar-refractivity contribution in [1.82, 2.24) is 5.43 Å². The zero-order valence-corrected chi connectivity index (χ0v) is 9.36. The van der Waals surface area contributed by atoms with Gasteiger partial charge >= 0.3 is 6.03 Å². The fraction of sp³-hybridized carbons (Fsp3) is 0.273. The number of hydrazone groups is 1. The normalized spacial score (nSPS) is 11.0. The average molecular weight is 221 g/mol. The van der Waals surface area contributed by atoms with Gasteiger partial charge in [-0.1, -0.05) is 12.1 Å². The minimum absolute atomic E-state index is 0.577. The first kappa shape index (κ1) is 12.0. The summed E-state index contributed by atoms with van der Waals surface area (Å²) in [6, 6.07) is 6.78. The molecule has 0 unspecified atom stereocenters. The molecule has 0 aliphatic carbocycles. The van der Waals surface area contributed by atoms with Crippen molar-refractivity contribution in [3.05, 3.63) is 29.8 Å². The summed E-state index contributed by atoms with van der Waals surface area (Å²) in [6.45, 7) is 4.26. The molecule has 0 fully saturated rings. The molecule has 0 atom stereocenters. The lowest BCUT2D eigenvalue weighted by atomic mass is 10.1. The summed E-state index contributed by atoms with van der Waals surface area (Å²) in [7, 11) is 0. The Morgan fingerprint density at radius 1 is 1.50 bits per heavy atom. The Morgan fingerprint density at radius 3 is 2.81 bits per heavy atom. The average Bonchev–Trinajstić information content (AvgIpc) is 2.27. The van der Waals surface area contributed by atoms with E-state index in [9.17, 15) is 4.79 Å². The summed E-state index contributed by atoms with van der Waals surface area (Å²) in [6.07, 6.45) is 0. The van der Waals surface area contributed by atoms with E-state index in [2.05, 4.69) is 10.5 Å². The third kappa shape index (κ3) is 3.27. The van der Waals surface area contributed by atoms with Crippen LogP contribution < -0.4 is 15.9 Å². The molecule has 3 N–H and O–H groups in total. The van der Waals surface area contributed by atoms with E-state index in [0.29, 0.717) is 12.3 Å². The van der Waals surface area contributed by atoms with Gasteiger partial charge < -0.3 is 10.5 Å². The van der Waals surface area contributed by atoms with Crippen molar-refractivity contribution in [2.75, 3.05) is 6.61 Å². The van der Waals surface area contributed by atoms with Crippen LogP contribution in [0.25, 0.3) is 0 Å². The molecule has 86 valence electrons. The van der Waals surface area contributed by atoms with Crippen molar-refractivity contribution in [3.63, 3.8) is 0 Å². The Balaban J connectivity index is 2.93. The number of carbonyl (C=O) groups is 1. The van der Waals surface area contributed by atoms with Crippen LogP contribution in [0.3, 0.4) is 0 Å². The molecule has 5 nitrogen and oxygen atoms in total. The second-order valence-corrected chi connectivity index (χ2v) is 3.10. The van der Waals surface area contributed by atoms with Crippen LogP contribution in [0.15, 0.2) is 29.4 Å². The molecule has 16 heavy (non-hydrogen) atoms. The minimum Gasteiger partial charge on any atom is -0.493 e. The number of amides is 2. The van der Waals surface area contributed by atoms with Gasteiger partial charge in [-0.25, -0.2) is 10.2 Å². The first-order valence-electron chi connectivity index (χ1n) is 4.97. The smallest absolute Gasteiger partial charge is 0.332 e. The number of urea groups is 1. The molecule has 0 saturated heterocycles. The van der Waals surface area contributed by atoms with Crippen LogP contribution in [0.4, 0.5) is 4.79 Å². The number of nitrogens with zero attached hydrogens (tertiary/aromatic N) is 1. The number of benzene rings is 1. The molecule has 1 aromatic rings. The fourth-order valence-electron chi connectivity index (χ4n) is 1.25. The summed E-state index contributed by atoms with van der Waals surface area (Å²) in [5, 5.41) is 3.85. The molecule has 5 heteroatoms. The number of primary amides is 1. The van der Waals surface area contributed by atoms with Gasteiger partial charge in [-0.05, 0) is 26.0 Å². The van der Waals surface area contributed by atoms with E-state index in [-0.39, 0.29) is 0 Å². The maximum Gasteiger partial charge on any atom is 0.332 e. The number of ether oxygens (including phenoxy) is 1. The Morgan fingerprint density at radius 2 is 2.19 bits per heavy atom. The second kappa shape index (κ2) is 5.75. The van der Waals surface area contributed by atoms with Crippen LogP contribution in [-0.2, 0) is 0 Å². The van der Waals surface area contributed by atoms with E-state index in [0.717, 1.165) is 11.3 Å².